The standard InChI is InChI=1S/C15H25FN2O/c1-9(2)6-11(5)18-14-8-15(19-10(3)4)12(16)7-13(14)17/h7-11,18H,6,17H2,1-5H3. The summed E-state index contributed by atoms with van der Waals surface area (Å²) in [5, 5.41) is 3.31. The van der Waals surface area contributed by atoms with Gasteiger partial charge in [0.05, 0.1) is 17.5 Å². The minimum atomic E-state index is -0.423. The highest BCUT2D eigenvalue weighted by Gasteiger charge is 2.13. The van der Waals surface area contributed by atoms with E-state index in [9.17, 15) is 4.39 Å². The molecule has 0 radical (unpaired) electrons. The monoisotopic (exact) mass is 268 g/mol. The van der Waals surface area contributed by atoms with E-state index >= 15 is 0 Å². The predicted octanol–water partition coefficient (Wildman–Crippen LogP) is 4.04. The predicted molar refractivity (Wildman–Crippen MR) is 79.1 cm³/mol. The summed E-state index contributed by atoms with van der Waals surface area (Å²) in [6.07, 6.45) is 0.955. The number of hydrogen-bond acceptors (Lipinski definition) is 3. The van der Waals surface area contributed by atoms with Gasteiger partial charge in [-0.25, -0.2) is 4.39 Å². The number of hydrogen-bond donors (Lipinski definition) is 2. The number of anilines is 2. The molecule has 1 unspecified atom stereocenters. The van der Waals surface area contributed by atoms with Crippen LogP contribution in [0.5, 0.6) is 5.75 Å². The van der Waals surface area contributed by atoms with E-state index in [0.29, 0.717) is 11.6 Å². The molecule has 1 atom stereocenters. The van der Waals surface area contributed by atoms with E-state index in [1.54, 1.807) is 6.07 Å². The largest absolute Gasteiger partial charge is 0.488 e. The molecule has 0 heterocycles. The summed E-state index contributed by atoms with van der Waals surface area (Å²) < 4.78 is 19.1. The van der Waals surface area contributed by atoms with Crippen LogP contribution in [0.25, 0.3) is 0 Å². The van der Waals surface area contributed by atoms with Gasteiger partial charge in [0.2, 0.25) is 0 Å². The van der Waals surface area contributed by atoms with Crippen molar-refractivity contribution in [2.24, 2.45) is 5.92 Å². The fourth-order valence-electron chi connectivity index (χ4n) is 2.07. The minimum absolute atomic E-state index is 0.0703. The van der Waals surface area contributed by atoms with Gasteiger partial charge >= 0.3 is 0 Å². The normalized spacial score (nSPS) is 12.8. The van der Waals surface area contributed by atoms with Crippen molar-refractivity contribution in [2.75, 3.05) is 11.1 Å². The Hall–Kier alpha value is -1.45. The number of rotatable bonds is 6. The fourth-order valence-corrected chi connectivity index (χ4v) is 2.07. The summed E-state index contributed by atoms with van der Waals surface area (Å²) in [5.74, 6) is 0.410. The summed E-state index contributed by atoms with van der Waals surface area (Å²) in [7, 11) is 0. The van der Waals surface area contributed by atoms with Crippen LogP contribution in [0.15, 0.2) is 12.1 Å². The number of nitrogen functional groups attached to an aromatic ring is 1. The number of halogens is 1. The molecular weight excluding hydrogens is 243 g/mol. The van der Waals surface area contributed by atoms with Gasteiger partial charge in [0.25, 0.3) is 0 Å². The molecule has 0 spiro atoms. The van der Waals surface area contributed by atoms with Crippen molar-refractivity contribution in [3.8, 4) is 5.75 Å². The molecule has 19 heavy (non-hydrogen) atoms. The van der Waals surface area contributed by atoms with Crippen LogP contribution in [-0.2, 0) is 0 Å². The Kier molecular flexibility index (Phi) is 5.45. The van der Waals surface area contributed by atoms with Gasteiger partial charge in [-0.3, -0.25) is 0 Å². The average Bonchev–Trinajstić information content (AvgIpc) is 2.23. The van der Waals surface area contributed by atoms with Crippen molar-refractivity contribution < 1.29 is 9.13 Å². The Morgan fingerprint density at radius 3 is 2.37 bits per heavy atom. The third kappa shape index (κ3) is 4.97. The van der Waals surface area contributed by atoms with Crippen LogP contribution in [-0.4, -0.2) is 12.1 Å². The van der Waals surface area contributed by atoms with Crippen molar-refractivity contribution >= 4 is 11.4 Å². The molecule has 1 rings (SSSR count). The molecule has 1 aromatic rings. The van der Waals surface area contributed by atoms with E-state index in [-0.39, 0.29) is 17.9 Å². The maximum Gasteiger partial charge on any atom is 0.167 e. The first kappa shape index (κ1) is 15.6. The SMILES string of the molecule is CC(C)CC(C)Nc1cc(OC(C)C)c(F)cc1N. The molecule has 108 valence electrons. The Balaban J connectivity index is 2.88. The molecule has 0 saturated heterocycles. The van der Waals surface area contributed by atoms with Gasteiger partial charge < -0.3 is 15.8 Å². The van der Waals surface area contributed by atoms with E-state index in [1.165, 1.54) is 6.07 Å². The third-order valence-electron chi connectivity index (χ3n) is 2.69. The number of nitrogens with two attached hydrogens (primary N) is 1. The van der Waals surface area contributed by atoms with Crippen molar-refractivity contribution in [1.29, 1.82) is 0 Å². The van der Waals surface area contributed by atoms with Crippen LogP contribution in [0.2, 0.25) is 0 Å². The molecule has 0 aliphatic rings. The zero-order valence-electron chi connectivity index (χ0n) is 12.5. The molecule has 0 aliphatic heterocycles. The van der Waals surface area contributed by atoms with Crippen LogP contribution in [0.1, 0.15) is 41.0 Å². The van der Waals surface area contributed by atoms with E-state index in [2.05, 4.69) is 26.1 Å². The van der Waals surface area contributed by atoms with Crippen molar-refractivity contribution in [2.45, 2.75) is 53.2 Å². The lowest BCUT2D eigenvalue weighted by molar-refractivity contribution is 0.231. The number of nitrogens with one attached hydrogen (secondary N) is 1. The Labute approximate surface area is 115 Å². The quantitative estimate of drug-likeness (QED) is 0.765. The van der Waals surface area contributed by atoms with Crippen LogP contribution >= 0.6 is 0 Å². The molecule has 4 heteroatoms. The lowest BCUT2D eigenvalue weighted by Gasteiger charge is -2.20. The van der Waals surface area contributed by atoms with Gasteiger partial charge in [0.15, 0.2) is 11.6 Å². The molecule has 0 amide bonds. The lowest BCUT2D eigenvalue weighted by atomic mass is 10.0. The maximum absolute atomic E-state index is 13.7. The van der Waals surface area contributed by atoms with Gasteiger partial charge in [-0.1, -0.05) is 13.8 Å². The molecule has 1 aromatic carbocycles. The van der Waals surface area contributed by atoms with Crippen molar-refractivity contribution in [3.05, 3.63) is 17.9 Å². The molecule has 0 bridgehead atoms. The summed E-state index contributed by atoms with van der Waals surface area (Å²) in [4.78, 5) is 0. The zero-order valence-corrected chi connectivity index (χ0v) is 12.5. The van der Waals surface area contributed by atoms with Gasteiger partial charge in [0.1, 0.15) is 0 Å². The topological polar surface area (TPSA) is 47.3 Å². The molecule has 0 saturated carbocycles. The summed E-state index contributed by atoms with van der Waals surface area (Å²) in [6.45, 7) is 10.2. The fraction of sp³-hybridized carbons (Fsp3) is 0.600. The second-order valence-electron chi connectivity index (χ2n) is 5.71. The second kappa shape index (κ2) is 6.64. The first-order valence-corrected chi connectivity index (χ1v) is 6.81. The molecule has 0 aromatic heterocycles. The number of benzene rings is 1. The van der Waals surface area contributed by atoms with Crippen LogP contribution in [0, 0.1) is 11.7 Å². The van der Waals surface area contributed by atoms with E-state index in [4.69, 9.17) is 10.5 Å². The van der Waals surface area contributed by atoms with E-state index in [1.807, 2.05) is 13.8 Å². The molecule has 0 fully saturated rings. The highest BCUT2D eigenvalue weighted by molar-refractivity contribution is 5.68. The smallest absolute Gasteiger partial charge is 0.167 e. The van der Waals surface area contributed by atoms with Crippen molar-refractivity contribution in [1.82, 2.24) is 0 Å². The molecule has 3 nitrogen and oxygen atoms in total. The second-order valence-corrected chi connectivity index (χ2v) is 5.71. The van der Waals surface area contributed by atoms with Gasteiger partial charge in [-0.05, 0) is 33.1 Å². The van der Waals surface area contributed by atoms with Crippen LogP contribution in [0.4, 0.5) is 15.8 Å². The lowest BCUT2D eigenvalue weighted by Crippen LogP contribution is -2.18. The van der Waals surface area contributed by atoms with E-state index < -0.39 is 5.82 Å². The van der Waals surface area contributed by atoms with Crippen molar-refractivity contribution in [3.63, 3.8) is 0 Å². The Morgan fingerprint density at radius 2 is 1.84 bits per heavy atom. The van der Waals surface area contributed by atoms with E-state index in [0.717, 1.165) is 12.1 Å². The summed E-state index contributed by atoms with van der Waals surface area (Å²) >= 11 is 0. The van der Waals surface area contributed by atoms with Crippen LogP contribution < -0.4 is 15.8 Å². The Morgan fingerprint density at radius 1 is 1.21 bits per heavy atom. The molecule has 3 N–H and O–H groups in total. The van der Waals surface area contributed by atoms with Gasteiger partial charge in [0, 0.05) is 18.2 Å². The van der Waals surface area contributed by atoms with Crippen LogP contribution in [0.3, 0.4) is 0 Å². The molecule has 0 aliphatic carbocycles. The maximum atomic E-state index is 13.7. The van der Waals surface area contributed by atoms with Gasteiger partial charge in [-0.2, -0.15) is 0 Å². The molecular formula is C15H25FN2O. The highest BCUT2D eigenvalue weighted by Crippen LogP contribution is 2.29. The third-order valence-corrected chi connectivity index (χ3v) is 2.69. The first-order valence-electron chi connectivity index (χ1n) is 6.81. The zero-order chi connectivity index (χ0) is 14.6. The first-order chi connectivity index (χ1) is 8.79. The number of ether oxygens (including phenoxy) is 1. The van der Waals surface area contributed by atoms with Gasteiger partial charge in [-0.15, -0.1) is 0 Å². The Bertz CT molecular complexity index is 419. The highest BCUT2D eigenvalue weighted by atomic mass is 19.1. The summed E-state index contributed by atoms with van der Waals surface area (Å²) in [6, 6.07) is 3.23. The summed E-state index contributed by atoms with van der Waals surface area (Å²) in [5.41, 5.74) is 6.98. The average molecular weight is 268 g/mol. The minimum Gasteiger partial charge on any atom is -0.488 e.